The smallest absolute Gasteiger partial charge is 0.123 e. The van der Waals surface area contributed by atoms with Crippen molar-refractivity contribution in [1.82, 2.24) is 5.32 Å². The highest BCUT2D eigenvalue weighted by molar-refractivity contribution is 5.42. The molecular weight excluding hydrogens is 190 g/mol. The SMILES string of the molecule is COc1cccc(C)c1C1COCCN1. The Morgan fingerprint density at radius 2 is 2.33 bits per heavy atom. The molecular formula is C12H17NO2. The summed E-state index contributed by atoms with van der Waals surface area (Å²) in [5.74, 6) is 0.943. The van der Waals surface area contributed by atoms with Crippen molar-refractivity contribution in [3.63, 3.8) is 0 Å². The molecule has 0 saturated carbocycles. The summed E-state index contributed by atoms with van der Waals surface area (Å²) >= 11 is 0. The van der Waals surface area contributed by atoms with Crippen molar-refractivity contribution in [2.75, 3.05) is 26.9 Å². The van der Waals surface area contributed by atoms with Gasteiger partial charge in [-0.05, 0) is 18.6 Å². The molecule has 15 heavy (non-hydrogen) atoms. The number of hydrogen-bond acceptors (Lipinski definition) is 3. The number of hydrogen-bond donors (Lipinski definition) is 1. The van der Waals surface area contributed by atoms with E-state index >= 15 is 0 Å². The Morgan fingerprint density at radius 3 is 3.00 bits per heavy atom. The molecule has 3 heteroatoms. The van der Waals surface area contributed by atoms with Crippen molar-refractivity contribution in [3.8, 4) is 5.75 Å². The highest BCUT2D eigenvalue weighted by Crippen LogP contribution is 2.29. The van der Waals surface area contributed by atoms with Crippen LogP contribution in [-0.4, -0.2) is 26.9 Å². The Kier molecular flexibility index (Phi) is 3.23. The molecule has 0 aliphatic carbocycles. The third-order valence-corrected chi connectivity index (χ3v) is 2.77. The lowest BCUT2D eigenvalue weighted by molar-refractivity contribution is 0.0758. The molecule has 1 unspecified atom stereocenters. The summed E-state index contributed by atoms with van der Waals surface area (Å²) in [5, 5.41) is 3.45. The van der Waals surface area contributed by atoms with E-state index in [4.69, 9.17) is 9.47 Å². The predicted octanol–water partition coefficient (Wildman–Crippen LogP) is 1.66. The van der Waals surface area contributed by atoms with Gasteiger partial charge in [0.05, 0.1) is 26.4 Å². The minimum Gasteiger partial charge on any atom is -0.496 e. The minimum atomic E-state index is 0.259. The van der Waals surface area contributed by atoms with Crippen LogP contribution in [0.25, 0.3) is 0 Å². The third kappa shape index (κ3) is 2.13. The number of nitrogens with one attached hydrogen (secondary N) is 1. The molecule has 2 rings (SSSR count). The van der Waals surface area contributed by atoms with Crippen LogP contribution >= 0.6 is 0 Å². The van der Waals surface area contributed by atoms with Gasteiger partial charge in [0.25, 0.3) is 0 Å². The largest absolute Gasteiger partial charge is 0.496 e. The van der Waals surface area contributed by atoms with E-state index in [9.17, 15) is 0 Å². The number of ether oxygens (including phenoxy) is 2. The van der Waals surface area contributed by atoms with Gasteiger partial charge in [-0.15, -0.1) is 0 Å². The molecule has 1 fully saturated rings. The fourth-order valence-corrected chi connectivity index (χ4v) is 2.03. The van der Waals surface area contributed by atoms with E-state index in [1.54, 1.807) is 7.11 Å². The van der Waals surface area contributed by atoms with E-state index in [2.05, 4.69) is 18.3 Å². The minimum absolute atomic E-state index is 0.259. The maximum absolute atomic E-state index is 5.47. The maximum Gasteiger partial charge on any atom is 0.123 e. The van der Waals surface area contributed by atoms with Crippen LogP contribution in [0.15, 0.2) is 18.2 Å². The van der Waals surface area contributed by atoms with E-state index < -0.39 is 0 Å². The molecule has 1 aliphatic heterocycles. The predicted molar refractivity (Wildman–Crippen MR) is 59.3 cm³/mol. The van der Waals surface area contributed by atoms with Crippen LogP contribution in [0.5, 0.6) is 5.75 Å². The molecule has 0 bridgehead atoms. The molecule has 0 spiro atoms. The highest BCUT2D eigenvalue weighted by Gasteiger charge is 2.20. The number of rotatable bonds is 2. The summed E-state index contributed by atoms with van der Waals surface area (Å²) in [6.45, 7) is 4.53. The Morgan fingerprint density at radius 1 is 1.47 bits per heavy atom. The fraction of sp³-hybridized carbons (Fsp3) is 0.500. The standard InChI is InChI=1S/C12H17NO2/c1-9-4-3-5-11(14-2)12(9)10-8-15-7-6-13-10/h3-5,10,13H,6-8H2,1-2H3. The summed E-state index contributed by atoms with van der Waals surface area (Å²) < 4.78 is 10.9. The van der Waals surface area contributed by atoms with Gasteiger partial charge in [-0.1, -0.05) is 12.1 Å². The molecule has 1 aromatic rings. The van der Waals surface area contributed by atoms with E-state index in [0.717, 1.165) is 25.5 Å². The second-order valence-electron chi connectivity index (χ2n) is 3.77. The van der Waals surface area contributed by atoms with Crippen LogP contribution in [0, 0.1) is 6.92 Å². The molecule has 1 N–H and O–H groups in total. The Balaban J connectivity index is 2.31. The van der Waals surface area contributed by atoms with Crippen molar-refractivity contribution in [2.24, 2.45) is 0 Å². The molecule has 0 aromatic heterocycles. The van der Waals surface area contributed by atoms with Crippen LogP contribution in [0.2, 0.25) is 0 Å². The third-order valence-electron chi connectivity index (χ3n) is 2.77. The normalized spacial score (nSPS) is 21.3. The first kappa shape index (κ1) is 10.5. The number of benzene rings is 1. The van der Waals surface area contributed by atoms with Crippen LogP contribution in [0.3, 0.4) is 0 Å². The van der Waals surface area contributed by atoms with Gasteiger partial charge in [-0.2, -0.15) is 0 Å². The summed E-state index contributed by atoms with van der Waals surface area (Å²) in [4.78, 5) is 0. The van der Waals surface area contributed by atoms with Gasteiger partial charge in [0, 0.05) is 12.1 Å². The average molecular weight is 207 g/mol. The molecule has 0 amide bonds. The summed E-state index contributed by atoms with van der Waals surface area (Å²) in [6, 6.07) is 6.38. The molecule has 82 valence electrons. The van der Waals surface area contributed by atoms with Crippen LogP contribution in [0.4, 0.5) is 0 Å². The summed E-state index contributed by atoms with van der Waals surface area (Å²) in [6.07, 6.45) is 0. The summed E-state index contributed by atoms with van der Waals surface area (Å²) in [5.41, 5.74) is 2.47. The van der Waals surface area contributed by atoms with Crippen molar-refractivity contribution < 1.29 is 9.47 Å². The molecule has 1 atom stereocenters. The number of methoxy groups -OCH3 is 1. The van der Waals surface area contributed by atoms with Gasteiger partial charge >= 0.3 is 0 Å². The quantitative estimate of drug-likeness (QED) is 0.800. The van der Waals surface area contributed by atoms with Crippen LogP contribution in [-0.2, 0) is 4.74 Å². The first-order valence-corrected chi connectivity index (χ1v) is 5.27. The van der Waals surface area contributed by atoms with Gasteiger partial charge in [-0.3, -0.25) is 0 Å². The number of morpholine rings is 1. The van der Waals surface area contributed by atoms with Gasteiger partial charge in [0.15, 0.2) is 0 Å². The van der Waals surface area contributed by atoms with Crippen LogP contribution < -0.4 is 10.1 Å². The van der Waals surface area contributed by atoms with Crippen molar-refractivity contribution >= 4 is 0 Å². The monoisotopic (exact) mass is 207 g/mol. The topological polar surface area (TPSA) is 30.5 Å². The Labute approximate surface area is 90.4 Å². The number of aryl methyl sites for hydroxylation is 1. The summed E-state index contributed by atoms with van der Waals surface area (Å²) in [7, 11) is 1.71. The second kappa shape index (κ2) is 4.64. The lowest BCUT2D eigenvalue weighted by Crippen LogP contribution is -2.35. The van der Waals surface area contributed by atoms with Crippen molar-refractivity contribution in [3.05, 3.63) is 29.3 Å². The Bertz CT molecular complexity index is 332. The first-order valence-electron chi connectivity index (χ1n) is 5.27. The zero-order valence-electron chi connectivity index (χ0n) is 9.25. The van der Waals surface area contributed by atoms with E-state index in [1.165, 1.54) is 11.1 Å². The van der Waals surface area contributed by atoms with Gasteiger partial charge in [0.2, 0.25) is 0 Å². The lowest BCUT2D eigenvalue weighted by Gasteiger charge is -2.26. The van der Waals surface area contributed by atoms with Crippen molar-refractivity contribution in [2.45, 2.75) is 13.0 Å². The molecule has 0 radical (unpaired) electrons. The van der Waals surface area contributed by atoms with Gasteiger partial charge < -0.3 is 14.8 Å². The highest BCUT2D eigenvalue weighted by atomic mass is 16.5. The van der Waals surface area contributed by atoms with E-state index in [0.29, 0.717) is 0 Å². The Hall–Kier alpha value is -1.06. The van der Waals surface area contributed by atoms with E-state index in [-0.39, 0.29) is 6.04 Å². The van der Waals surface area contributed by atoms with Gasteiger partial charge in [-0.25, -0.2) is 0 Å². The molecule has 3 nitrogen and oxygen atoms in total. The van der Waals surface area contributed by atoms with Crippen LogP contribution in [0.1, 0.15) is 17.2 Å². The zero-order valence-corrected chi connectivity index (χ0v) is 9.25. The second-order valence-corrected chi connectivity index (χ2v) is 3.77. The molecule has 1 aromatic carbocycles. The lowest BCUT2D eigenvalue weighted by atomic mass is 10.00. The first-order chi connectivity index (χ1) is 7.33. The fourth-order valence-electron chi connectivity index (χ4n) is 2.03. The maximum atomic E-state index is 5.47. The van der Waals surface area contributed by atoms with E-state index in [1.807, 2.05) is 12.1 Å². The van der Waals surface area contributed by atoms with Crippen molar-refractivity contribution in [1.29, 1.82) is 0 Å². The average Bonchev–Trinajstić information content (AvgIpc) is 2.29. The molecule has 1 heterocycles. The molecule has 1 aliphatic rings. The molecule has 1 saturated heterocycles. The van der Waals surface area contributed by atoms with Gasteiger partial charge in [0.1, 0.15) is 5.75 Å². The zero-order chi connectivity index (χ0) is 10.7.